The molecule has 1 aromatic heterocycles. The lowest BCUT2D eigenvalue weighted by atomic mass is 10.1. The molecule has 0 unspecified atom stereocenters. The summed E-state index contributed by atoms with van der Waals surface area (Å²) in [6.07, 6.45) is 0. The lowest BCUT2D eigenvalue weighted by Crippen LogP contribution is -2.15. The van der Waals surface area contributed by atoms with Crippen molar-refractivity contribution in [3.8, 4) is 11.5 Å². The second-order valence-electron chi connectivity index (χ2n) is 7.00. The number of fused-ring (bicyclic) bond motifs is 1. The number of anilines is 1. The molecule has 0 aliphatic carbocycles. The second-order valence-corrected chi connectivity index (χ2v) is 8.02. The first-order valence-electron chi connectivity index (χ1n) is 9.50. The normalized spacial score (nSPS) is 12.0. The Hall–Kier alpha value is -3.07. The van der Waals surface area contributed by atoms with E-state index in [1.54, 1.807) is 32.0 Å². The number of benzene rings is 1. The fraction of sp³-hybridized carbons (Fsp3) is 0.381. The van der Waals surface area contributed by atoms with E-state index in [1.165, 1.54) is 0 Å². The molecule has 0 fully saturated rings. The summed E-state index contributed by atoms with van der Waals surface area (Å²) in [5.41, 5.74) is 0.879. The highest BCUT2D eigenvalue weighted by Gasteiger charge is 2.28. The SMILES string of the molecule is CCOC(=O)c1c(NC(=O)c2ccc3c(c2)OCO3)sc(C(=O)OCC(C)C)c1C. The molecule has 2 aromatic rings. The summed E-state index contributed by atoms with van der Waals surface area (Å²) in [5.74, 6) is -0.420. The summed E-state index contributed by atoms with van der Waals surface area (Å²) in [4.78, 5) is 38.0. The van der Waals surface area contributed by atoms with E-state index in [4.69, 9.17) is 18.9 Å². The van der Waals surface area contributed by atoms with E-state index < -0.39 is 17.8 Å². The van der Waals surface area contributed by atoms with Crippen molar-refractivity contribution in [1.29, 1.82) is 0 Å². The maximum absolute atomic E-state index is 12.8. The third kappa shape index (κ3) is 4.56. The largest absolute Gasteiger partial charge is 0.462 e. The molecule has 2 heterocycles. The number of hydrogen-bond acceptors (Lipinski definition) is 8. The van der Waals surface area contributed by atoms with Gasteiger partial charge in [0.2, 0.25) is 6.79 Å². The summed E-state index contributed by atoms with van der Waals surface area (Å²) >= 11 is 0.985. The monoisotopic (exact) mass is 433 g/mol. The van der Waals surface area contributed by atoms with Crippen molar-refractivity contribution in [2.45, 2.75) is 27.7 Å². The van der Waals surface area contributed by atoms with Crippen LogP contribution >= 0.6 is 11.3 Å². The molecule has 3 rings (SSSR count). The molecule has 0 atom stereocenters. The molecule has 0 radical (unpaired) electrons. The highest BCUT2D eigenvalue weighted by atomic mass is 32.1. The Bertz CT molecular complexity index is 980. The van der Waals surface area contributed by atoms with Crippen molar-refractivity contribution >= 4 is 34.2 Å². The van der Waals surface area contributed by atoms with E-state index in [2.05, 4.69) is 5.32 Å². The smallest absolute Gasteiger partial charge is 0.348 e. The standard InChI is InChI=1S/C21H23NO7S/c1-5-26-20(24)16-12(4)17(21(25)27-9-11(2)3)30-19(16)22-18(23)13-6-7-14-15(8-13)29-10-28-14/h6-8,11H,5,9-10H2,1-4H3,(H,22,23). The van der Waals surface area contributed by atoms with Crippen LogP contribution in [-0.2, 0) is 9.47 Å². The highest BCUT2D eigenvalue weighted by Crippen LogP contribution is 2.36. The van der Waals surface area contributed by atoms with Crippen molar-refractivity contribution < 1.29 is 33.3 Å². The number of esters is 2. The number of carbonyl (C=O) groups is 3. The van der Waals surface area contributed by atoms with Crippen molar-refractivity contribution in [1.82, 2.24) is 0 Å². The summed E-state index contributed by atoms with van der Waals surface area (Å²) in [7, 11) is 0. The first kappa shape index (κ1) is 21.6. The topological polar surface area (TPSA) is 100 Å². The molecule has 1 amide bonds. The van der Waals surface area contributed by atoms with Gasteiger partial charge in [-0.2, -0.15) is 0 Å². The van der Waals surface area contributed by atoms with Crippen LogP contribution in [0.1, 0.15) is 56.7 Å². The molecule has 0 saturated heterocycles. The molecular weight excluding hydrogens is 410 g/mol. The molecule has 1 aliphatic heterocycles. The Kier molecular flexibility index (Phi) is 6.61. The number of amides is 1. The van der Waals surface area contributed by atoms with E-state index in [0.29, 0.717) is 22.6 Å². The van der Waals surface area contributed by atoms with Crippen LogP contribution in [0.3, 0.4) is 0 Å². The first-order valence-corrected chi connectivity index (χ1v) is 10.3. The van der Waals surface area contributed by atoms with Gasteiger partial charge in [0, 0.05) is 5.56 Å². The average Bonchev–Trinajstić information content (AvgIpc) is 3.29. The van der Waals surface area contributed by atoms with Gasteiger partial charge in [-0.1, -0.05) is 13.8 Å². The summed E-state index contributed by atoms with van der Waals surface area (Å²) in [5, 5.41) is 2.94. The quantitative estimate of drug-likeness (QED) is 0.658. The minimum atomic E-state index is -0.616. The number of nitrogens with one attached hydrogen (secondary N) is 1. The number of carbonyl (C=O) groups excluding carboxylic acids is 3. The molecule has 30 heavy (non-hydrogen) atoms. The third-order valence-corrected chi connectivity index (χ3v) is 5.41. The van der Waals surface area contributed by atoms with Crippen LogP contribution in [0.4, 0.5) is 5.00 Å². The Balaban J connectivity index is 1.90. The molecule has 160 valence electrons. The molecular formula is C21H23NO7S. The van der Waals surface area contributed by atoms with Crippen LogP contribution in [0.2, 0.25) is 0 Å². The molecule has 8 nitrogen and oxygen atoms in total. The molecule has 1 N–H and O–H groups in total. The Morgan fingerprint density at radius 3 is 2.57 bits per heavy atom. The molecule has 0 bridgehead atoms. The summed E-state index contributed by atoms with van der Waals surface area (Å²) < 4.78 is 21.0. The fourth-order valence-electron chi connectivity index (χ4n) is 2.77. The summed E-state index contributed by atoms with van der Waals surface area (Å²) in [6, 6.07) is 4.78. The minimum Gasteiger partial charge on any atom is -0.462 e. The first-order chi connectivity index (χ1) is 14.3. The van der Waals surface area contributed by atoms with Gasteiger partial charge >= 0.3 is 11.9 Å². The van der Waals surface area contributed by atoms with Crippen molar-refractivity contribution in [2.24, 2.45) is 5.92 Å². The number of hydrogen-bond donors (Lipinski definition) is 1. The van der Waals surface area contributed by atoms with Crippen molar-refractivity contribution in [3.63, 3.8) is 0 Å². The highest BCUT2D eigenvalue weighted by molar-refractivity contribution is 7.18. The molecule has 0 spiro atoms. The predicted octanol–water partition coefficient (Wildman–Crippen LogP) is 4.03. The maximum atomic E-state index is 12.8. The van der Waals surface area contributed by atoms with E-state index in [9.17, 15) is 14.4 Å². The zero-order valence-corrected chi connectivity index (χ0v) is 18.0. The van der Waals surface area contributed by atoms with Gasteiger partial charge < -0.3 is 24.3 Å². The van der Waals surface area contributed by atoms with Crippen molar-refractivity contribution in [3.05, 3.63) is 39.8 Å². The predicted molar refractivity (Wildman–Crippen MR) is 111 cm³/mol. The van der Waals surface area contributed by atoms with Gasteiger partial charge in [0.15, 0.2) is 11.5 Å². The Morgan fingerprint density at radius 2 is 1.87 bits per heavy atom. The van der Waals surface area contributed by atoms with E-state index in [-0.39, 0.29) is 41.4 Å². The lowest BCUT2D eigenvalue weighted by Gasteiger charge is -2.08. The van der Waals surface area contributed by atoms with Gasteiger partial charge in [0.05, 0.1) is 18.8 Å². The van der Waals surface area contributed by atoms with Gasteiger partial charge in [-0.25, -0.2) is 9.59 Å². The van der Waals surface area contributed by atoms with Crippen LogP contribution in [0, 0.1) is 12.8 Å². The molecule has 0 saturated carbocycles. The third-order valence-electron chi connectivity index (χ3n) is 4.22. The van der Waals surface area contributed by atoms with E-state index in [0.717, 1.165) is 11.3 Å². The number of ether oxygens (including phenoxy) is 4. The average molecular weight is 433 g/mol. The Labute approximate surface area is 178 Å². The molecule has 1 aliphatic rings. The maximum Gasteiger partial charge on any atom is 0.348 e. The Morgan fingerprint density at radius 1 is 1.13 bits per heavy atom. The van der Waals surface area contributed by atoms with Crippen LogP contribution in [0.25, 0.3) is 0 Å². The van der Waals surface area contributed by atoms with Gasteiger partial charge in [0.1, 0.15) is 9.88 Å². The minimum absolute atomic E-state index is 0.0966. The number of rotatable bonds is 7. The van der Waals surface area contributed by atoms with Gasteiger partial charge in [0.25, 0.3) is 5.91 Å². The van der Waals surface area contributed by atoms with E-state index in [1.807, 2.05) is 13.8 Å². The van der Waals surface area contributed by atoms with Crippen LogP contribution in [0.5, 0.6) is 11.5 Å². The molecule has 1 aromatic carbocycles. The van der Waals surface area contributed by atoms with Crippen LogP contribution in [-0.4, -0.2) is 37.9 Å². The lowest BCUT2D eigenvalue weighted by molar-refractivity contribution is 0.0464. The zero-order valence-electron chi connectivity index (χ0n) is 17.2. The van der Waals surface area contributed by atoms with Crippen molar-refractivity contribution in [2.75, 3.05) is 25.3 Å². The van der Waals surface area contributed by atoms with Gasteiger partial charge in [-0.3, -0.25) is 4.79 Å². The van der Waals surface area contributed by atoms with Gasteiger partial charge in [-0.05, 0) is 43.5 Å². The zero-order chi connectivity index (χ0) is 21.8. The number of thiophene rings is 1. The van der Waals surface area contributed by atoms with Gasteiger partial charge in [-0.15, -0.1) is 11.3 Å². The molecule has 9 heteroatoms. The summed E-state index contributed by atoms with van der Waals surface area (Å²) in [6.45, 7) is 7.68. The second kappa shape index (κ2) is 9.17. The fourth-order valence-corrected chi connectivity index (χ4v) is 3.85. The van der Waals surface area contributed by atoms with E-state index >= 15 is 0 Å². The van der Waals surface area contributed by atoms with Crippen LogP contribution < -0.4 is 14.8 Å². The van der Waals surface area contributed by atoms with Crippen LogP contribution in [0.15, 0.2) is 18.2 Å².